The van der Waals surface area contributed by atoms with Crippen LogP contribution in [0.1, 0.15) is 51.0 Å². The Kier molecular flexibility index (Phi) is 3.56. The molecule has 0 radical (unpaired) electrons. The first-order valence-electron chi connectivity index (χ1n) is 8.61. The van der Waals surface area contributed by atoms with E-state index in [2.05, 4.69) is 24.3 Å². The van der Waals surface area contributed by atoms with E-state index in [0.29, 0.717) is 25.2 Å². The maximum absolute atomic E-state index is 13.1. The van der Waals surface area contributed by atoms with Gasteiger partial charge in [-0.3, -0.25) is 9.59 Å². The summed E-state index contributed by atoms with van der Waals surface area (Å²) >= 11 is 1.75. The van der Waals surface area contributed by atoms with Crippen molar-refractivity contribution >= 4 is 23.5 Å². The zero-order chi connectivity index (χ0) is 16.1. The molecular weight excluding hydrogens is 308 g/mol. The van der Waals surface area contributed by atoms with Crippen molar-refractivity contribution in [3.8, 4) is 0 Å². The molecule has 1 heterocycles. The molecule has 2 aliphatic carbocycles. The maximum atomic E-state index is 13.1. The van der Waals surface area contributed by atoms with E-state index in [0.717, 1.165) is 25.7 Å². The second kappa shape index (κ2) is 5.37. The van der Waals surface area contributed by atoms with E-state index < -0.39 is 4.75 Å². The van der Waals surface area contributed by atoms with Crippen molar-refractivity contribution in [2.45, 2.75) is 60.5 Å². The van der Waals surface area contributed by atoms with Gasteiger partial charge in [-0.15, -0.1) is 11.8 Å². The Hall–Kier alpha value is -1.29. The smallest absolute Gasteiger partial charge is 0.306 e. The highest BCUT2D eigenvalue weighted by Crippen LogP contribution is 2.71. The Labute approximate surface area is 141 Å². The largest absolute Gasteiger partial charge is 0.466 e. The first-order chi connectivity index (χ1) is 11.1. The highest BCUT2D eigenvalue weighted by molar-refractivity contribution is 8.02. The van der Waals surface area contributed by atoms with Crippen LogP contribution in [0.4, 0.5) is 0 Å². The molecule has 4 rings (SSSR count). The standard InChI is InChI=1S/C19H22O3S/c1-2-22-17(21)12-13-9-11-18-10-5-8-16(20)19(13,18)23-15-7-4-3-6-14(15)18/h3-4,6-7,13H,2,5,8-12H2,1H3/t13-,18-,19+/m0/s1. The van der Waals surface area contributed by atoms with E-state index in [1.54, 1.807) is 11.8 Å². The minimum Gasteiger partial charge on any atom is -0.466 e. The fourth-order valence-electron chi connectivity index (χ4n) is 5.24. The Balaban J connectivity index is 1.78. The minimum absolute atomic E-state index is 0.0548. The van der Waals surface area contributed by atoms with Crippen LogP contribution in [0.15, 0.2) is 29.2 Å². The Bertz CT molecular complexity index is 670. The number of thioether (sulfide) groups is 1. The van der Waals surface area contributed by atoms with E-state index in [9.17, 15) is 9.59 Å². The average Bonchev–Trinajstić information content (AvgIpc) is 3.01. The lowest BCUT2D eigenvalue weighted by Gasteiger charge is -2.45. The van der Waals surface area contributed by atoms with Crippen LogP contribution >= 0.6 is 11.8 Å². The Morgan fingerprint density at radius 1 is 1.35 bits per heavy atom. The van der Waals surface area contributed by atoms with E-state index >= 15 is 0 Å². The van der Waals surface area contributed by atoms with Crippen LogP contribution in [0.5, 0.6) is 0 Å². The average molecular weight is 330 g/mol. The Morgan fingerprint density at radius 2 is 2.17 bits per heavy atom. The summed E-state index contributed by atoms with van der Waals surface area (Å²) in [6.07, 6.45) is 5.05. The first-order valence-corrected chi connectivity index (χ1v) is 9.43. The third-order valence-electron chi connectivity index (χ3n) is 6.02. The molecule has 3 nitrogen and oxygen atoms in total. The summed E-state index contributed by atoms with van der Waals surface area (Å²) in [7, 11) is 0. The van der Waals surface area contributed by atoms with Gasteiger partial charge in [0.05, 0.1) is 17.8 Å². The van der Waals surface area contributed by atoms with Gasteiger partial charge in [-0.05, 0) is 50.2 Å². The van der Waals surface area contributed by atoms with E-state index in [-0.39, 0.29) is 17.3 Å². The molecule has 1 aromatic carbocycles. The summed E-state index contributed by atoms with van der Waals surface area (Å²) in [5.41, 5.74) is 1.30. The van der Waals surface area contributed by atoms with Crippen molar-refractivity contribution in [2.24, 2.45) is 5.92 Å². The van der Waals surface area contributed by atoms with Gasteiger partial charge < -0.3 is 4.74 Å². The molecular formula is C19H22O3S. The third-order valence-corrected chi connectivity index (χ3v) is 7.87. The van der Waals surface area contributed by atoms with Crippen LogP contribution < -0.4 is 0 Å². The van der Waals surface area contributed by atoms with Crippen LogP contribution in [0.2, 0.25) is 0 Å². The fraction of sp³-hybridized carbons (Fsp3) is 0.579. The number of hydrogen-bond acceptors (Lipinski definition) is 4. The summed E-state index contributed by atoms with van der Waals surface area (Å²) in [6, 6.07) is 8.48. The topological polar surface area (TPSA) is 43.4 Å². The van der Waals surface area contributed by atoms with Gasteiger partial charge in [0.2, 0.25) is 0 Å². The molecule has 0 amide bonds. The summed E-state index contributed by atoms with van der Waals surface area (Å²) in [5, 5.41) is 0. The third kappa shape index (κ3) is 1.90. The Morgan fingerprint density at radius 3 is 3.00 bits per heavy atom. The predicted octanol–water partition coefficient (Wildman–Crippen LogP) is 3.89. The number of benzene rings is 1. The number of ketones is 1. The minimum atomic E-state index is -0.429. The molecule has 0 bridgehead atoms. The van der Waals surface area contributed by atoms with Crippen molar-refractivity contribution in [3.05, 3.63) is 29.8 Å². The molecule has 122 valence electrons. The number of carbonyl (C=O) groups is 2. The van der Waals surface area contributed by atoms with Crippen molar-refractivity contribution < 1.29 is 14.3 Å². The lowest BCUT2D eigenvalue weighted by molar-refractivity contribution is -0.144. The van der Waals surface area contributed by atoms with E-state index in [1.165, 1.54) is 10.5 Å². The highest BCUT2D eigenvalue weighted by atomic mass is 32.2. The van der Waals surface area contributed by atoms with Crippen LogP contribution in [0.25, 0.3) is 0 Å². The molecule has 1 aliphatic heterocycles. The van der Waals surface area contributed by atoms with Crippen molar-refractivity contribution in [2.75, 3.05) is 6.61 Å². The van der Waals surface area contributed by atoms with Crippen molar-refractivity contribution in [3.63, 3.8) is 0 Å². The van der Waals surface area contributed by atoms with Crippen molar-refractivity contribution in [1.82, 2.24) is 0 Å². The molecule has 0 spiro atoms. The number of esters is 1. The normalized spacial score (nSPS) is 34.7. The molecule has 0 N–H and O–H groups in total. The van der Waals surface area contributed by atoms with E-state index in [1.807, 2.05) is 6.92 Å². The summed E-state index contributed by atoms with van der Waals surface area (Å²) in [4.78, 5) is 26.5. The van der Waals surface area contributed by atoms with E-state index in [4.69, 9.17) is 4.74 Å². The second-order valence-corrected chi connectivity index (χ2v) is 8.23. The van der Waals surface area contributed by atoms with Crippen LogP contribution in [0.3, 0.4) is 0 Å². The van der Waals surface area contributed by atoms with Gasteiger partial charge in [-0.25, -0.2) is 0 Å². The number of ether oxygens (including phenoxy) is 1. The van der Waals surface area contributed by atoms with Crippen LogP contribution in [-0.2, 0) is 19.7 Å². The summed E-state index contributed by atoms with van der Waals surface area (Å²) in [6.45, 7) is 2.24. The molecule has 0 saturated heterocycles. The molecule has 23 heavy (non-hydrogen) atoms. The van der Waals surface area contributed by atoms with Crippen molar-refractivity contribution in [1.29, 1.82) is 0 Å². The number of hydrogen-bond donors (Lipinski definition) is 0. The zero-order valence-corrected chi connectivity index (χ0v) is 14.3. The molecule has 2 saturated carbocycles. The summed E-state index contributed by atoms with van der Waals surface area (Å²) < 4.78 is 4.75. The van der Waals surface area contributed by atoms with Gasteiger partial charge >= 0.3 is 5.97 Å². The maximum Gasteiger partial charge on any atom is 0.306 e. The van der Waals surface area contributed by atoms with Gasteiger partial charge in [-0.2, -0.15) is 0 Å². The number of carbonyl (C=O) groups excluding carboxylic acids is 2. The van der Waals surface area contributed by atoms with Gasteiger partial charge in [0.1, 0.15) is 5.78 Å². The predicted molar refractivity (Wildman–Crippen MR) is 89.5 cm³/mol. The summed E-state index contributed by atoms with van der Waals surface area (Å²) in [5.74, 6) is 0.307. The second-order valence-electron chi connectivity index (χ2n) is 6.94. The molecule has 3 atom stereocenters. The molecule has 1 aromatic rings. The zero-order valence-electron chi connectivity index (χ0n) is 13.5. The molecule has 0 unspecified atom stereocenters. The van der Waals surface area contributed by atoms with Gasteiger partial charge in [0.25, 0.3) is 0 Å². The molecule has 4 heteroatoms. The lowest BCUT2D eigenvalue weighted by Crippen LogP contribution is -2.54. The molecule has 3 aliphatic rings. The lowest BCUT2D eigenvalue weighted by atomic mass is 9.61. The highest BCUT2D eigenvalue weighted by Gasteiger charge is 2.69. The van der Waals surface area contributed by atoms with Gasteiger partial charge in [0.15, 0.2) is 0 Å². The SMILES string of the molecule is CCOC(=O)C[C@@H]1CC[C@]23CCCC(=O)[C@]12Sc1ccccc13. The molecule has 2 fully saturated rings. The fourth-order valence-corrected chi connectivity index (χ4v) is 7.20. The van der Waals surface area contributed by atoms with Crippen LogP contribution in [-0.4, -0.2) is 23.1 Å². The quantitative estimate of drug-likeness (QED) is 0.789. The number of rotatable bonds is 3. The monoisotopic (exact) mass is 330 g/mol. The number of fused-ring (bicyclic) bond motifs is 1. The number of Topliss-reactive ketones (excluding diaryl/α,β-unsaturated/α-hetero) is 1. The molecule has 0 aromatic heterocycles. The van der Waals surface area contributed by atoms with Crippen LogP contribution in [0, 0.1) is 5.92 Å². The van der Waals surface area contributed by atoms with Gasteiger partial charge in [0, 0.05) is 16.7 Å². The first kappa shape index (κ1) is 15.3. The van der Waals surface area contributed by atoms with Gasteiger partial charge in [-0.1, -0.05) is 18.2 Å².